The van der Waals surface area contributed by atoms with Gasteiger partial charge in [0.15, 0.2) is 0 Å². The average Bonchev–Trinajstić information content (AvgIpc) is 2.29. The van der Waals surface area contributed by atoms with E-state index < -0.39 is 24.5 Å². The highest BCUT2D eigenvalue weighted by atomic mass is 28.2. The maximum Gasteiger partial charge on any atom is 0.407 e. The maximum atomic E-state index is 11.1. The fraction of sp³-hybridized carbons (Fsp3) is 0.700. The lowest BCUT2D eigenvalue weighted by molar-refractivity contribution is -0.137. The minimum absolute atomic E-state index is 0.193. The van der Waals surface area contributed by atoms with E-state index >= 15 is 0 Å². The fourth-order valence-electron chi connectivity index (χ4n) is 1.10. The average molecular weight is 276 g/mol. The largest absolute Gasteiger partial charge is 0.480 e. The van der Waals surface area contributed by atoms with Gasteiger partial charge in [-0.05, 0) is 6.04 Å². The fourth-order valence-corrected chi connectivity index (χ4v) is 2.22. The lowest BCUT2D eigenvalue weighted by Gasteiger charge is -2.07. The molecule has 0 saturated carbocycles. The molecule has 0 radical (unpaired) electrons. The zero-order chi connectivity index (χ0) is 14.0. The summed E-state index contributed by atoms with van der Waals surface area (Å²) in [5.74, 6) is -1.70. The van der Waals surface area contributed by atoms with Gasteiger partial charge >= 0.3 is 12.1 Å². The summed E-state index contributed by atoms with van der Waals surface area (Å²) in [5.41, 5.74) is 0.693. The second-order valence-electron chi connectivity index (χ2n) is 4.20. The number of aliphatic carboxylic acids is 1. The van der Waals surface area contributed by atoms with Crippen molar-refractivity contribution in [1.29, 1.82) is 0 Å². The van der Waals surface area contributed by atoms with Crippen molar-refractivity contribution in [2.45, 2.75) is 25.4 Å². The van der Waals surface area contributed by atoms with Gasteiger partial charge in [0.2, 0.25) is 5.91 Å². The van der Waals surface area contributed by atoms with Crippen molar-refractivity contribution in [3.8, 4) is 0 Å². The highest BCUT2D eigenvalue weighted by molar-refractivity contribution is 6.37. The van der Waals surface area contributed by atoms with Crippen molar-refractivity contribution >= 4 is 27.5 Å². The molecule has 0 unspecified atom stereocenters. The molecule has 18 heavy (non-hydrogen) atoms. The lowest BCUT2D eigenvalue weighted by Crippen LogP contribution is -2.39. The van der Waals surface area contributed by atoms with Crippen LogP contribution in [0, 0.1) is 0 Å². The first-order valence-electron chi connectivity index (χ1n) is 5.81. The summed E-state index contributed by atoms with van der Waals surface area (Å²) < 4.78 is 4.86. The molecule has 0 fully saturated rings. The van der Waals surface area contributed by atoms with E-state index in [0.717, 1.165) is 6.04 Å². The molecular weight excluding hydrogens is 256 g/mol. The van der Waals surface area contributed by atoms with Crippen LogP contribution in [0.15, 0.2) is 0 Å². The number of nitrogens with one attached hydrogen (secondary N) is 2. The molecule has 0 atom stereocenters. The minimum atomic E-state index is -1.13. The molecule has 0 spiro atoms. The number of hydrogen-bond donors (Lipinski definition) is 3. The number of carbonyl (C=O) groups excluding carboxylic acids is 2. The number of carboxylic acid groups (broad SMARTS) is 1. The molecule has 0 aromatic rings. The van der Waals surface area contributed by atoms with E-state index in [0.29, 0.717) is 12.1 Å². The van der Waals surface area contributed by atoms with Crippen LogP contribution in [0.4, 0.5) is 4.79 Å². The van der Waals surface area contributed by atoms with Crippen LogP contribution in [0.5, 0.6) is 0 Å². The van der Waals surface area contributed by atoms with Crippen LogP contribution in [-0.2, 0) is 14.3 Å². The molecule has 104 valence electrons. The Balaban J connectivity index is 3.52. The number of alkyl carbamates (subject to hydrolysis) is 1. The summed E-state index contributed by atoms with van der Waals surface area (Å²) in [5, 5.41) is 12.7. The van der Waals surface area contributed by atoms with Crippen molar-refractivity contribution in [2.75, 3.05) is 19.7 Å². The van der Waals surface area contributed by atoms with E-state index in [9.17, 15) is 14.4 Å². The molecule has 7 nitrogen and oxygen atoms in total. The van der Waals surface area contributed by atoms with E-state index in [1.165, 1.54) is 0 Å². The van der Waals surface area contributed by atoms with Gasteiger partial charge in [0, 0.05) is 9.52 Å². The van der Waals surface area contributed by atoms with E-state index in [1.54, 1.807) is 0 Å². The summed E-state index contributed by atoms with van der Waals surface area (Å²) in [6.07, 6.45) is -0.654. The smallest absolute Gasteiger partial charge is 0.407 e. The molecule has 8 heteroatoms. The Labute approximate surface area is 108 Å². The quantitative estimate of drug-likeness (QED) is 0.403. The first-order valence-corrected chi connectivity index (χ1v) is 7.62. The number of hydrogen-bond acceptors (Lipinski definition) is 4. The zero-order valence-corrected chi connectivity index (χ0v) is 12.1. The summed E-state index contributed by atoms with van der Waals surface area (Å²) in [4.78, 5) is 32.3. The highest BCUT2D eigenvalue weighted by Gasteiger charge is 2.07. The normalized spacial score (nSPS) is 10.6. The van der Waals surface area contributed by atoms with E-state index in [1.807, 2.05) is 0 Å². The van der Waals surface area contributed by atoms with Gasteiger partial charge < -0.3 is 20.5 Å². The Hall–Kier alpha value is -1.57. The number of ether oxygens (including phenoxy) is 1. The molecule has 2 amide bonds. The SMILES string of the molecule is CC(C)[SiH2]CCOC(=O)NCC(=O)NCC(=O)O. The molecule has 0 saturated heterocycles. The summed E-state index contributed by atoms with van der Waals surface area (Å²) in [6.45, 7) is 3.90. The molecule has 0 aliphatic carbocycles. The number of carbonyl (C=O) groups is 3. The van der Waals surface area contributed by atoms with Gasteiger partial charge in [-0.2, -0.15) is 0 Å². The number of carboxylic acids is 1. The van der Waals surface area contributed by atoms with Gasteiger partial charge in [0.25, 0.3) is 0 Å². The monoisotopic (exact) mass is 276 g/mol. The minimum Gasteiger partial charge on any atom is -0.480 e. The molecule has 0 aromatic carbocycles. The summed E-state index contributed by atoms with van der Waals surface area (Å²) >= 11 is 0. The van der Waals surface area contributed by atoms with E-state index in [2.05, 4.69) is 24.5 Å². The second kappa shape index (κ2) is 9.46. The van der Waals surface area contributed by atoms with Gasteiger partial charge in [-0.1, -0.05) is 19.4 Å². The zero-order valence-electron chi connectivity index (χ0n) is 10.7. The first-order chi connectivity index (χ1) is 8.41. The van der Waals surface area contributed by atoms with Gasteiger partial charge in [0.1, 0.15) is 13.1 Å². The van der Waals surface area contributed by atoms with Crippen molar-refractivity contribution < 1.29 is 24.2 Å². The maximum absolute atomic E-state index is 11.1. The summed E-state index contributed by atoms with van der Waals surface area (Å²) in [7, 11) is -0.193. The Kier molecular flexibility index (Phi) is 8.63. The molecular formula is C10H20N2O5Si. The molecule has 0 aromatic heterocycles. The van der Waals surface area contributed by atoms with Crippen LogP contribution >= 0.6 is 0 Å². The third-order valence-electron chi connectivity index (χ3n) is 1.99. The summed E-state index contributed by atoms with van der Waals surface area (Å²) in [6, 6.07) is 0.913. The van der Waals surface area contributed by atoms with Crippen LogP contribution in [0.25, 0.3) is 0 Å². The van der Waals surface area contributed by atoms with Crippen LogP contribution in [0.2, 0.25) is 11.6 Å². The van der Waals surface area contributed by atoms with Crippen LogP contribution in [0.1, 0.15) is 13.8 Å². The predicted octanol–water partition coefficient (Wildman–Crippen LogP) is -0.671. The van der Waals surface area contributed by atoms with Crippen LogP contribution in [-0.4, -0.2) is 52.3 Å². The van der Waals surface area contributed by atoms with Crippen LogP contribution in [0.3, 0.4) is 0 Å². The molecule has 0 bridgehead atoms. The molecule has 0 aliphatic heterocycles. The Bertz CT molecular complexity index is 296. The van der Waals surface area contributed by atoms with E-state index in [4.69, 9.17) is 9.84 Å². The standard InChI is InChI=1S/C10H20N2O5Si/c1-7(2)18-4-3-17-10(16)12-5-8(13)11-6-9(14)15/h7H,3-6,18H2,1-2H3,(H,11,13)(H,12,16)(H,14,15). The third-order valence-corrected chi connectivity index (χ3v) is 3.84. The Morgan fingerprint density at radius 2 is 1.89 bits per heavy atom. The van der Waals surface area contributed by atoms with Crippen molar-refractivity contribution in [2.24, 2.45) is 0 Å². The van der Waals surface area contributed by atoms with Crippen LogP contribution < -0.4 is 10.6 Å². The van der Waals surface area contributed by atoms with Crippen molar-refractivity contribution in [1.82, 2.24) is 10.6 Å². The van der Waals surface area contributed by atoms with Gasteiger partial charge in [-0.15, -0.1) is 0 Å². The van der Waals surface area contributed by atoms with E-state index in [-0.39, 0.29) is 16.1 Å². The molecule has 0 aliphatic rings. The lowest BCUT2D eigenvalue weighted by atomic mass is 10.5. The topological polar surface area (TPSA) is 105 Å². The van der Waals surface area contributed by atoms with Gasteiger partial charge in [-0.25, -0.2) is 4.79 Å². The molecule has 3 N–H and O–H groups in total. The Morgan fingerprint density at radius 3 is 2.44 bits per heavy atom. The number of amides is 2. The van der Waals surface area contributed by atoms with Crippen molar-refractivity contribution in [3.63, 3.8) is 0 Å². The Morgan fingerprint density at radius 1 is 1.22 bits per heavy atom. The van der Waals surface area contributed by atoms with Gasteiger partial charge in [0.05, 0.1) is 6.61 Å². The molecule has 0 heterocycles. The van der Waals surface area contributed by atoms with Crippen molar-refractivity contribution in [3.05, 3.63) is 0 Å². The third kappa shape index (κ3) is 10.9. The predicted molar refractivity (Wildman–Crippen MR) is 68.4 cm³/mol. The second-order valence-corrected chi connectivity index (χ2v) is 7.11. The number of rotatable bonds is 8. The first kappa shape index (κ1) is 16.4. The molecule has 0 rings (SSSR count). The van der Waals surface area contributed by atoms with Gasteiger partial charge in [-0.3, -0.25) is 9.59 Å². The highest BCUT2D eigenvalue weighted by Crippen LogP contribution is 1.99.